The van der Waals surface area contributed by atoms with Crippen molar-refractivity contribution in [1.29, 1.82) is 0 Å². The number of rotatable bonds is 2. The molecule has 0 saturated carbocycles. The number of halogens is 2. The van der Waals surface area contributed by atoms with Crippen LogP contribution in [0.15, 0.2) is 22.7 Å². The Labute approximate surface area is 151 Å². The van der Waals surface area contributed by atoms with Crippen LogP contribution in [0, 0.1) is 0 Å². The Kier molecular flexibility index (Phi) is 5.45. The molecule has 3 rings (SSSR count). The van der Waals surface area contributed by atoms with Crippen LogP contribution in [0.3, 0.4) is 0 Å². The number of nitrogens with one attached hydrogen (secondary N) is 1. The molecule has 0 radical (unpaired) electrons. The van der Waals surface area contributed by atoms with Crippen LogP contribution < -0.4 is 10.2 Å². The first-order chi connectivity index (χ1) is 10.3. The lowest BCUT2D eigenvalue weighted by molar-refractivity contribution is -0.121. The van der Waals surface area contributed by atoms with Gasteiger partial charge in [-0.25, -0.2) is 8.42 Å². The summed E-state index contributed by atoms with van der Waals surface area (Å²) in [6.45, 7) is 1.66. The van der Waals surface area contributed by atoms with Gasteiger partial charge in [-0.1, -0.05) is 22.0 Å². The molecule has 1 N–H and O–H groups in total. The summed E-state index contributed by atoms with van der Waals surface area (Å²) in [6, 6.07) is 5.84. The van der Waals surface area contributed by atoms with Crippen molar-refractivity contribution in [3.8, 4) is 0 Å². The van der Waals surface area contributed by atoms with E-state index in [-0.39, 0.29) is 18.3 Å². The molecule has 1 aromatic carbocycles. The SMILES string of the molecule is CS(=O)(=O)C1(C(=O)N2CCc3ccc(Br)cc32)CCNCC1.Cl. The summed E-state index contributed by atoms with van der Waals surface area (Å²) < 4.78 is 24.4. The summed E-state index contributed by atoms with van der Waals surface area (Å²) in [4.78, 5) is 14.8. The minimum atomic E-state index is -3.48. The third-order valence-corrected chi connectivity index (χ3v) is 7.19. The number of sulfone groups is 1. The molecule has 1 fully saturated rings. The Balaban J connectivity index is 0.00000192. The zero-order chi connectivity index (χ0) is 16.0. The fourth-order valence-corrected chi connectivity index (χ4v) is 5.11. The van der Waals surface area contributed by atoms with Gasteiger partial charge in [0, 0.05) is 23.0 Å². The van der Waals surface area contributed by atoms with Crippen molar-refractivity contribution in [2.45, 2.75) is 24.0 Å². The average Bonchev–Trinajstić information content (AvgIpc) is 2.89. The van der Waals surface area contributed by atoms with E-state index in [0.29, 0.717) is 32.5 Å². The van der Waals surface area contributed by atoms with Crippen LogP contribution in [0.2, 0.25) is 0 Å². The fourth-order valence-electron chi connectivity index (χ4n) is 3.38. The van der Waals surface area contributed by atoms with Gasteiger partial charge in [-0.05, 0) is 50.0 Å². The van der Waals surface area contributed by atoms with Gasteiger partial charge < -0.3 is 10.2 Å². The first-order valence-corrected chi connectivity index (χ1v) is 10.0. The molecule has 0 aromatic heterocycles. The smallest absolute Gasteiger partial charge is 0.248 e. The van der Waals surface area contributed by atoms with Crippen molar-refractivity contribution < 1.29 is 13.2 Å². The maximum absolute atomic E-state index is 13.1. The Bertz CT molecular complexity index is 717. The Hall–Kier alpha value is -0.630. The van der Waals surface area contributed by atoms with Crippen LogP contribution in [0.4, 0.5) is 5.69 Å². The second kappa shape index (κ2) is 6.70. The molecule has 2 aliphatic heterocycles. The van der Waals surface area contributed by atoms with E-state index in [1.807, 2.05) is 18.2 Å². The zero-order valence-electron chi connectivity index (χ0n) is 12.8. The highest BCUT2D eigenvalue weighted by Crippen LogP contribution is 2.37. The largest absolute Gasteiger partial charge is 0.317 e. The molecule has 0 unspecified atom stereocenters. The summed E-state index contributed by atoms with van der Waals surface area (Å²) in [5, 5.41) is 3.14. The topological polar surface area (TPSA) is 66.5 Å². The number of anilines is 1. The van der Waals surface area contributed by atoms with Crippen molar-refractivity contribution in [2.24, 2.45) is 0 Å². The van der Waals surface area contributed by atoms with Crippen LogP contribution in [0.25, 0.3) is 0 Å². The number of nitrogens with zero attached hydrogens (tertiary/aromatic N) is 1. The van der Waals surface area contributed by atoms with Crippen LogP contribution in [-0.4, -0.2) is 45.0 Å². The summed E-state index contributed by atoms with van der Waals surface area (Å²) in [5.41, 5.74) is 1.93. The molecule has 1 saturated heterocycles. The molecule has 1 aromatic rings. The minimum absolute atomic E-state index is 0. The molecule has 1 amide bonds. The quantitative estimate of drug-likeness (QED) is 0.789. The molecule has 2 aliphatic rings. The average molecular weight is 424 g/mol. The van der Waals surface area contributed by atoms with Gasteiger partial charge in [0.2, 0.25) is 5.91 Å². The number of carbonyl (C=O) groups is 1. The molecule has 8 heteroatoms. The third kappa shape index (κ3) is 3.16. The lowest BCUT2D eigenvalue weighted by Crippen LogP contribution is -2.58. The van der Waals surface area contributed by atoms with Crippen molar-refractivity contribution in [1.82, 2.24) is 5.32 Å². The molecule has 5 nitrogen and oxygen atoms in total. The van der Waals surface area contributed by atoms with E-state index in [1.165, 1.54) is 6.26 Å². The fraction of sp³-hybridized carbons (Fsp3) is 0.533. The maximum atomic E-state index is 13.1. The molecule has 0 bridgehead atoms. The highest BCUT2D eigenvalue weighted by atomic mass is 79.9. The van der Waals surface area contributed by atoms with Gasteiger partial charge in [0.05, 0.1) is 0 Å². The summed E-state index contributed by atoms with van der Waals surface area (Å²) >= 11 is 3.42. The van der Waals surface area contributed by atoms with E-state index >= 15 is 0 Å². The normalized spacial score (nSPS) is 19.8. The Morgan fingerprint density at radius 3 is 2.57 bits per heavy atom. The number of hydrogen-bond donors (Lipinski definition) is 1. The van der Waals surface area contributed by atoms with Crippen LogP contribution in [-0.2, 0) is 21.1 Å². The monoisotopic (exact) mass is 422 g/mol. The zero-order valence-corrected chi connectivity index (χ0v) is 16.1. The molecule has 23 heavy (non-hydrogen) atoms. The van der Waals surface area contributed by atoms with Gasteiger partial charge in [-0.15, -0.1) is 12.4 Å². The van der Waals surface area contributed by atoms with Crippen LogP contribution in [0.1, 0.15) is 18.4 Å². The van der Waals surface area contributed by atoms with E-state index in [9.17, 15) is 13.2 Å². The molecular formula is C15H20BrClN2O3S. The predicted octanol–water partition coefficient (Wildman–Crippen LogP) is 1.93. The predicted molar refractivity (Wildman–Crippen MR) is 97.1 cm³/mol. The number of hydrogen-bond acceptors (Lipinski definition) is 4. The van der Waals surface area contributed by atoms with Crippen molar-refractivity contribution in [2.75, 3.05) is 30.8 Å². The van der Waals surface area contributed by atoms with Gasteiger partial charge in [0.15, 0.2) is 14.6 Å². The molecule has 0 spiro atoms. The van der Waals surface area contributed by atoms with E-state index in [4.69, 9.17) is 0 Å². The molecular weight excluding hydrogens is 404 g/mol. The number of piperidine rings is 1. The number of benzene rings is 1. The van der Waals surface area contributed by atoms with Crippen LogP contribution >= 0.6 is 28.3 Å². The molecule has 2 heterocycles. The lowest BCUT2D eigenvalue weighted by atomic mass is 9.95. The first-order valence-electron chi connectivity index (χ1n) is 7.36. The second-order valence-corrected chi connectivity index (χ2v) is 9.24. The van der Waals surface area contributed by atoms with Crippen molar-refractivity contribution >= 4 is 49.8 Å². The first kappa shape index (κ1) is 18.7. The van der Waals surface area contributed by atoms with E-state index in [0.717, 1.165) is 22.1 Å². The standard InChI is InChI=1S/C15H19BrN2O3S.ClH/c1-22(20,21)15(5-7-17-8-6-15)14(19)18-9-4-11-2-3-12(16)10-13(11)18;/h2-3,10,17H,4-9H2,1H3;1H. The Morgan fingerprint density at radius 1 is 1.30 bits per heavy atom. The van der Waals surface area contributed by atoms with Crippen molar-refractivity contribution in [3.05, 3.63) is 28.2 Å². The third-order valence-electron chi connectivity index (χ3n) is 4.70. The van der Waals surface area contributed by atoms with Gasteiger partial charge in [-0.2, -0.15) is 0 Å². The van der Waals surface area contributed by atoms with E-state index < -0.39 is 14.6 Å². The highest BCUT2D eigenvalue weighted by molar-refractivity contribution is 9.10. The summed E-state index contributed by atoms with van der Waals surface area (Å²) in [6.07, 6.45) is 2.63. The number of carbonyl (C=O) groups excluding carboxylic acids is 1. The second-order valence-electron chi connectivity index (χ2n) is 6.00. The molecule has 0 aliphatic carbocycles. The van der Waals surface area contributed by atoms with Gasteiger partial charge in [0.1, 0.15) is 0 Å². The maximum Gasteiger partial charge on any atom is 0.248 e. The number of amides is 1. The van der Waals surface area contributed by atoms with E-state index in [1.54, 1.807) is 4.90 Å². The van der Waals surface area contributed by atoms with Gasteiger partial charge in [-0.3, -0.25) is 4.79 Å². The molecule has 0 atom stereocenters. The summed E-state index contributed by atoms with van der Waals surface area (Å²) in [7, 11) is -3.48. The summed E-state index contributed by atoms with van der Waals surface area (Å²) in [5.74, 6) is -0.270. The minimum Gasteiger partial charge on any atom is -0.317 e. The van der Waals surface area contributed by atoms with Gasteiger partial charge >= 0.3 is 0 Å². The Morgan fingerprint density at radius 2 is 1.96 bits per heavy atom. The van der Waals surface area contributed by atoms with E-state index in [2.05, 4.69) is 21.2 Å². The lowest BCUT2D eigenvalue weighted by Gasteiger charge is -2.37. The van der Waals surface area contributed by atoms with Crippen LogP contribution in [0.5, 0.6) is 0 Å². The molecule has 128 valence electrons. The van der Waals surface area contributed by atoms with Crippen molar-refractivity contribution in [3.63, 3.8) is 0 Å². The number of fused-ring (bicyclic) bond motifs is 1. The highest BCUT2D eigenvalue weighted by Gasteiger charge is 2.51. The van der Waals surface area contributed by atoms with Gasteiger partial charge in [0.25, 0.3) is 0 Å².